The van der Waals surface area contributed by atoms with E-state index in [2.05, 4.69) is 15.3 Å². The first-order valence-electron chi connectivity index (χ1n) is 7.56. The van der Waals surface area contributed by atoms with E-state index >= 15 is 0 Å². The molecule has 0 aliphatic heterocycles. The lowest BCUT2D eigenvalue weighted by Crippen LogP contribution is -2.21. The number of aromatic carboxylic acids is 1. The van der Waals surface area contributed by atoms with Crippen molar-refractivity contribution in [2.75, 3.05) is 5.32 Å². The summed E-state index contributed by atoms with van der Waals surface area (Å²) in [4.78, 5) is 32.1. The van der Waals surface area contributed by atoms with Gasteiger partial charge in [-0.15, -0.1) is 0 Å². The Kier molecular flexibility index (Phi) is 4.22. The zero-order valence-corrected chi connectivity index (χ0v) is 14.6. The van der Waals surface area contributed by atoms with Crippen molar-refractivity contribution in [2.45, 2.75) is 20.4 Å². The van der Waals surface area contributed by atoms with Crippen LogP contribution in [0.3, 0.4) is 0 Å². The van der Waals surface area contributed by atoms with E-state index in [9.17, 15) is 9.59 Å². The maximum Gasteiger partial charge on any atom is 0.352 e. The van der Waals surface area contributed by atoms with E-state index in [1.54, 1.807) is 26.2 Å². The zero-order valence-electron chi connectivity index (χ0n) is 13.9. The molecule has 130 valence electrons. The van der Waals surface area contributed by atoms with Crippen LogP contribution in [-0.4, -0.2) is 30.2 Å². The fourth-order valence-electron chi connectivity index (χ4n) is 2.68. The first-order valence-corrected chi connectivity index (χ1v) is 7.94. The third kappa shape index (κ3) is 2.96. The minimum absolute atomic E-state index is 0.121. The van der Waals surface area contributed by atoms with Crippen LogP contribution in [0.4, 0.5) is 11.6 Å². The van der Waals surface area contributed by atoms with Crippen molar-refractivity contribution < 1.29 is 9.90 Å². The molecule has 8 nitrogen and oxygen atoms in total. The Hall–Kier alpha value is -2.87. The molecule has 3 heterocycles. The summed E-state index contributed by atoms with van der Waals surface area (Å²) in [6.07, 6.45) is 1.63. The number of nitrogens with zero attached hydrogens (tertiary/aromatic N) is 4. The SMILES string of the molecule is CCn1c(=O)c(Cl)cc2c(C)nc(Nc3cc(C(=O)O)n(C)c3)nc21. The van der Waals surface area contributed by atoms with Crippen LogP contribution in [0.1, 0.15) is 23.1 Å². The summed E-state index contributed by atoms with van der Waals surface area (Å²) in [6, 6.07) is 3.05. The number of carboxylic acids is 1. The summed E-state index contributed by atoms with van der Waals surface area (Å²) >= 11 is 6.00. The summed E-state index contributed by atoms with van der Waals surface area (Å²) in [5, 5.41) is 12.9. The van der Waals surface area contributed by atoms with Gasteiger partial charge in [-0.3, -0.25) is 9.36 Å². The molecule has 0 saturated carbocycles. The first kappa shape index (κ1) is 17.0. The standard InChI is InChI=1S/C16H16ClN5O3/c1-4-22-13-10(6-11(17)14(22)23)8(2)18-16(20-13)19-9-5-12(15(24)25)21(3)7-9/h5-7H,4H2,1-3H3,(H,24,25)(H,18,19,20). The smallest absolute Gasteiger partial charge is 0.352 e. The molecule has 25 heavy (non-hydrogen) atoms. The van der Waals surface area contributed by atoms with Crippen molar-refractivity contribution in [1.29, 1.82) is 0 Å². The number of fused-ring (bicyclic) bond motifs is 1. The highest BCUT2D eigenvalue weighted by Crippen LogP contribution is 2.22. The molecule has 2 N–H and O–H groups in total. The average Bonchev–Trinajstić information content (AvgIpc) is 2.90. The average molecular weight is 362 g/mol. The van der Waals surface area contributed by atoms with Crippen LogP contribution in [0.25, 0.3) is 11.0 Å². The lowest BCUT2D eigenvalue weighted by Gasteiger charge is -2.11. The number of halogens is 1. The Morgan fingerprint density at radius 3 is 2.68 bits per heavy atom. The van der Waals surface area contributed by atoms with E-state index in [1.807, 2.05) is 6.92 Å². The Morgan fingerprint density at radius 1 is 1.36 bits per heavy atom. The summed E-state index contributed by atoms with van der Waals surface area (Å²) in [5.41, 5.74) is 1.50. The van der Waals surface area contributed by atoms with E-state index in [1.165, 1.54) is 15.2 Å². The van der Waals surface area contributed by atoms with E-state index in [4.69, 9.17) is 16.7 Å². The molecule has 0 radical (unpaired) electrons. The van der Waals surface area contributed by atoms with Gasteiger partial charge in [-0.05, 0) is 26.0 Å². The Labute approximate surface area is 147 Å². The van der Waals surface area contributed by atoms with E-state index in [-0.39, 0.29) is 22.2 Å². The molecule has 0 aromatic carbocycles. The van der Waals surface area contributed by atoms with Crippen molar-refractivity contribution in [3.63, 3.8) is 0 Å². The highest BCUT2D eigenvalue weighted by molar-refractivity contribution is 6.31. The second-order valence-electron chi connectivity index (χ2n) is 5.57. The normalized spacial score (nSPS) is 11.0. The first-order chi connectivity index (χ1) is 11.8. The van der Waals surface area contributed by atoms with Gasteiger partial charge >= 0.3 is 5.97 Å². The van der Waals surface area contributed by atoms with Crippen LogP contribution < -0.4 is 10.9 Å². The van der Waals surface area contributed by atoms with Crippen LogP contribution in [0, 0.1) is 6.92 Å². The molecule has 0 aliphatic carbocycles. The van der Waals surface area contributed by atoms with Crippen molar-refractivity contribution in [3.05, 3.63) is 45.1 Å². The van der Waals surface area contributed by atoms with Gasteiger partial charge in [-0.1, -0.05) is 11.6 Å². The number of hydrogen-bond donors (Lipinski definition) is 2. The predicted octanol–water partition coefficient (Wildman–Crippen LogP) is 2.55. The molecule has 9 heteroatoms. The summed E-state index contributed by atoms with van der Waals surface area (Å²) < 4.78 is 2.96. The highest BCUT2D eigenvalue weighted by atomic mass is 35.5. The maximum atomic E-state index is 12.2. The third-order valence-corrected chi connectivity index (χ3v) is 4.16. The number of pyridine rings is 1. The monoisotopic (exact) mass is 361 g/mol. The molecule has 3 aromatic rings. The number of hydrogen-bond acceptors (Lipinski definition) is 5. The van der Waals surface area contributed by atoms with Crippen molar-refractivity contribution >= 4 is 40.2 Å². The molecule has 0 spiro atoms. The van der Waals surface area contributed by atoms with Crippen LogP contribution in [0.2, 0.25) is 5.02 Å². The second kappa shape index (κ2) is 6.21. The number of carbonyl (C=O) groups is 1. The zero-order chi connectivity index (χ0) is 18.3. The van der Waals surface area contributed by atoms with Gasteiger partial charge in [-0.25, -0.2) is 9.78 Å². The van der Waals surface area contributed by atoms with Gasteiger partial charge in [0, 0.05) is 25.2 Å². The van der Waals surface area contributed by atoms with Gasteiger partial charge in [0.05, 0.1) is 11.4 Å². The van der Waals surface area contributed by atoms with Crippen LogP contribution in [0.5, 0.6) is 0 Å². The Morgan fingerprint density at radius 2 is 2.08 bits per heavy atom. The Bertz CT molecular complexity index is 1050. The molecule has 0 saturated heterocycles. The molecule has 0 aliphatic rings. The number of aromatic nitrogens is 4. The minimum atomic E-state index is -1.03. The van der Waals surface area contributed by atoms with E-state index < -0.39 is 5.97 Å². The van der Waals surface area contributed by atoms with Crippen LogP contribution in [0.15, 0.2) is 23.1 Å². The van der Waals surface area contributed by atoms with Crippen LogP contribution >= 0.6 is 11.6 Å². The number of anilines is 2. The number of nitrogens with one attached hydrogen (secondary N) is 1. The highest BCUT2D eigenvalue weighted by Gasteiger charge is 2.14. The number of aryl methyl sites for hydroxylation is 3. The molecular weight excluding hydrogens is 346 g/mol. The molecule has 0 fully saturated rings. The lowest BCUT2D eigenvalue weighted by molar-refractivity contribution is 0.0686. The molecule has 0 unspecified atom stereocenters. The maximum absolute atomic E-state index is 12.2. The molecular formula is C16H16ClN5O3. The van der Waals surface area contributed by atoms with Gasteiger partial charge in [0.15, 0.2) is 0 Å². The third-order valence-electron chi connectivity index (χ3n) is 3.89. The van der Waals surface area contributed by atoms with Crippen LogP contribution in [-0.2, 0) is 13.6 Å². The molecule has 0 bridgehead atoms. The van der Waals surface area contributed by atoms with Gasteiger partial charge < -0.3 is 15.0 Å². The van der Waals surface area contributed by atoms with E-state index in [0.29, 0.717) is 29.0 Å². The van der Waals surface area contributed by atoms with Gasteiger partial charge in [0.1, 0.15) is 16.4 Å². The number of carboxylic acid groups (broad SMARTS) is 1. The van der Waals surface area contributed by atoms with Gasteiger partial charge in [0.25, 0.3) is 5.56 Å². The lowest BCUT2D eigenvalue weighted by atomic mass is 10.2. The fraction of sp³-hybridized carbons (Fsp3) is 0.250. The van der Waals surface area contributed by atoms with Crippen molar-refractivity contribution in [3.8, 4) is 0 Å². The molecule has 0 atom stereocenters. The predicted molar refractivity (Wildman–Crippen MR) is 94.9 cm³/mol. The quantitative estimate of drug-likeness (QED) is 0.740. The molecule has 3 aromatic heterocycles. The van der Waals surface area contributed by atoms with E-state index in [0.717, 1.165) is 0 Å². The summed E-state index contributed by atoms with van der Waals surface area (Å²) in [6.45, 7) is 4.04. The van der Waals surface area contributed by atoms with Gasteiger partial charge in [0.2, 0.25) is 5.95 Å². The number of rotatable bonds is 4. The largest absolute Gasteiger partial charge is 0.477 e. The summed E-state index contributed by atoms with van der Waals surface area (Å²) in [7, 11) is 1.64. The second-order valence-corrected chi connectivity index (χ2v) is 5.97. The summed E-state index contributed by atoms with van der Waals surface area (Å²) in [5.74, 6) is -0.753. The van der Waals surface area contributed by atoms with Gasteiger partial charge in [-0.2, -0.15) is 4.98 Å². The molecule has 3 rings (SSSR count). The van der Waals surface area contributed by atoms with Crippen molar-refractivity contribution in [2.24, 2.45) is 7.05 Å². The molecule has 0 amide bonds. The fourth-order valence-corrected chi connectivity index (χ4v) is 2.89. The topological polar surface area (TPSA) is 102 Å². The minimum Gasteiger partial charge on any atom is -0.477 e. The Balaban J connectivity index is 2.12. The van der Waals surface area contributed by atoms with Crippen molar-refractivity contribution in [1.82, 2.24) is 19.1 Å².